The van der Waals surface area contributed by atoms with Gasteiger partial charge in [0, 0.05) is 17.3 Å². The van der Waals surface area contributed by atoms with Crippen LogP contribution in [0.5, 0.6) is 0 Å². The molecule has 1 aromatic rings. The monoisotopic (exact) mass is 344 g/mol. The number of carbonyl (C=O) groups is 1. The molecule has 0 aliphatic carbocycles. The summed E-state index contributed by atoms with van der Waals surface area (Å²) in [6, 6.07) is 3.93. The molecule has 0 spiro atoms. The fourth-order valence-electron chi connectivity index (χ4n) is 1.41. The van der Waals surface area contributed by atoms with Gasteiger partial charge in [0.05, 0.1) is 21.4 Å². The molecule has 0 radical (unpaired) electrons. The van der Waals surface area contributed by atoms with Crippen molar-refractivity contribution in [3.63, 3.8) is 0 Å². The van der Waals surface area contributed by atoms with Crippen LogP contribution in [-0.2, 0) is 15.5 Å². The maximum absolute atomic E-state index is 11.9. The highest BCUT2D eigenvalue weighted by Crippen LogP contribution is 2.20. The highest BCUT2D eigenvalue weighted by molar-refractivity contribution is 7.85. The van der Waals surface area contributed by atoms with Crippen molar-refractivity contribution in [2.45, 2.75) is 17.5 Å². The molecule has 1 atom stereocenters. The molecule has 0 aliphatic rings. The Morgan fingerprint density at radius 1 is 1.38 bits per heavy atom. The fraction of sp³-hybridized carbons (Fsp3) is 0.417. The summed E-state index contributed by atoms with van der Waals surface area (Å²) in [5.41, 5.74) is -0.171. The van der Waals surface area contributed by atoms with Crippen LogP contribution in [0.2, 0.25) is 5.02 Å². The van der Waals surface area contributed by atoms with E-state index in [2.05, 4.69) is 4.74 Å². The van der Waals surface area contributed by atoms with Gasteiger partial charge in [-0.05, 0) is 24.6 Å². The third kappa shape index (κ3) is 6.45. The van der Waals surface area contributed by atoms with Crippen LogP contribution < -0.4 is 0 Å². The molecule has 0 aromatic heterocycles. The molecular weight excluding hydrogens is 333 g/mol. The Morgan fingerprint density at radius 2 is 2.05 bits per heavy atom. The third-order valence-corrected chi connectivity index (χ3v) is 4.08. The van der Waals surface area contributed by atoms with Crippen LogP contribution in [-0.4, -0.2) is 40.4 Å². The van der Waals surface area contributed by atoms with Gasteiger partial charge in [-0.2, -0.15) is 13.2 Å². The minimum atomic E-state index is -4.38. The maximum Gasteiger partial charge on any atom is 0.411 e. The van der Waals surface area contributed by atoms with Gasteiger partial charge < -0.3 is 9.84 Å². The zero-order valence-electron chi connectivity index (χ0n) is 10.7. The first-order valence-corrected chi connectivity index (χ1v) is 7.46. The van der Waals surface area contributed by atoms with Crippen LogP contribution in [0.15, 0.2) is 23.1 Å². The first-order valence-electron chi connectivity index (χ1n) is 5.76. The molecular formula is C12H12ClF3O4S. The van der Waals surface area contributed by atoms with Crippen LogP contribution in [0, 0.1) is 0 Å². The number of carboxylic acid groups (broad SMARTS) is 1. The Hall–Kier alpha value is -1.12. The van der Waals surface area contributed by atoms with Gasteiger partial charge in [0.1, 0.15) is 6.61 Å². The number of alkyl halides is 3. The smallest absolute Gasteiger partial charge is 0.411 e. The Labute approximate surface area is 126 Å². The van der Waals surface area contributed by atoms with Crippen molar-refractivity contribution in [1.29, 1.82) is 0 Å². The lowest BCUT2D eigenvalue weighted by atomic mass is 10.2. The molecule has 1 rings (SSSR count). The molecule has 0 heterocycles. The Kier molecular flexibility index (Phi) is 6.63. The van der Waals surface area contributed by atoms with Gasteiger partial charge in [0.2, 0.25) is 0 Å². The SMILES string of the molecule is O=C(O)c1cc(S(=O)CCCOCC(F)(F)F)ccc1Cl. The average Bonchev–Trinajstić information content (AvgIpc) is 2.36. The largest absolute Gasteiger partial charge is 0.478 e. The number of benzene rings is 1. The van der Waals surface area contributed by atoms with E-state index in [9.17, 15) is 22.2 Å². The number of carboxylic acids is 1. The molecule has 0 saturated carbocycles. The van der Waals surface area contributed by atoms with Crippen LogP contribution in [0.3, 0.4) is 0 Å². The molecule has 1 N–H and O–H groups in total. The summed E-state index contributed by atoms with van der Waals surface area (Å²) < 4.78 is 51.7. The van der Waals surface area contributed by atoms with E-state index in [0.717, 1.165) is 0 Å². The maximum atomic E-state index is 11.9. The van der Waals surface area contributed by atoms with Crippen molar-refractivity contribution in [3.05, 3.63) is 28.8 Å². The van der Waals surface area contributed by atoms with Crippen molar-refractivity contribution < 1.29 is 32.0 Å². The number of aromatic carboxylic acids is 1. The highest BCUT2D eigenvalue weighted by atomic mass is 35.5. The number of ether oxygens (including phenoxy) is 1. The Balaban J connectivity index is 2.49. The first-order chi connectivity index (χ1) is 9.70. The quantitative estimate of drug-likeness (QED) is 0.772. The van der Waals surface area contributed by atoms with E-state index in [4.69, 9.17) is 16.7 Å². The van der Waals surface area contributed by atoms with Gasteiger partial charge in [0.15, 0.2) is 0 Å². The second-order valence-electron chi connectivity index (χ2n) is 4.02. The van der Waals surface area contributed by atoms with Gasteiger partial charge in [-0.1, -0.05) is 11.6 Å². The first kappa shape index (κ1) is 17.9. The van der Waals surface area contributed by atoms with Crippen molar-refractivity contribution in [1.82, 2.24) is 0 Å². The highest BCUT2D eigenvalue weighted by Gasteiger charge is 2.27. The lowest BCUT2D eigenvalue weighted by Gasteiger charge is -2.08. The molecule has 0 aliphatic heterocycles. The summed E-state index contributed by atoms with van der Waals surface area (Å²) in [7, 11) is -1.53. The van der Waals surface area contributed by atoms with E-state index in [1.165, 1.54) is 18.2 Å². The topological polar surface area (TPSA) is 63.6 Å². The Bertz CT molecular complexity index is 534. The summed E-state index contributed by atoms with van der Waals surface area (Å²) in [4.78, 5) is 11.1. The summed E-state index contributed by atoms with van der Waals surface area (Å²) >= 11 is 5.68. The van der Waals surface area contributed by atoms with E-state index < -0.39 is 29.6 Å². The van der Waals surface area contributed by atoms with Gasteiger partial charge >= 0.3 is 12.1 Å². The average molecular weight is 345 g/mol. The zero-order chi connectivity index (χ0) is 16.0. The predicted molar refractivity (Wildman–Crippen MR) is 71.2 cm³/mol. The summed E-state index contributed by atoms with van der Waals surface area (Å²) in [6.45, 7) is -1.52. The number of halogens is 4. The number of rotatable bonds is 7. The van der Waals surface area contributed by atoms with Gasteiger partial charge in [-0.25, -0.2) is 4.79 Å². The molecule has 1 aromatic carbocycles. The van der Waals surface area contributed by atoms with Gasteiger partial charge in [-0.15, -0.1) is 0 Å². The predicted octanol–water partition coefficient (Wildman–Crippen LogP) is 3.11. The Morgan fingerprint density at radius 3 is 2.62 bits per heavy atom. The van der Waals surface area contributed by atoms with Crippen LogP contribution >= 0.6 is 11.6 Å². The van der Waals surface area contributed by atoms with E-state index in [1.54, 1.807) is 0 Å². The molecule has 0 amide bonds. The van der Waals surface area contributed by atoms with E-state index in [1.807, 2.05) is 0 Å². The molecule has 4 nitrogen and oxygen atoms in total. The summed E-state index contributed by atoms with van der Waals surface area (Å²) in [6.07, 6.45) is -4.22. The van der Waals surface area contributed by atoms with Crippen molar-refractivity contribution in [2.75, 3.05) is 19.0 Å². The normalized spacial score (nSPS) is 13.1. The van der Waals surface area contributed by atoms with E-state index in [-0.39, 0.29) is 34.3 Å². The second kappa shape index (κ2) is 7.77. The molecule has 9 heteroatoms. The minimum absolute atomic E-state index is 0.0248. The van der Waals surface area contributed by atoms with E-state index >= 15 is 0 Å². The molecule has 0 fully saturated rings. The number of hydrogen-bond acceptors (Lipinski definition) is 3. The molecule has 21 heavy (non-hydrogen) atoms. The van der Waals surface area contributed by atoms with Crippen molar-refractivity contribution in [3.8, 4) is 0 Å². The third-order valence-electron chi connectivity index (χ3n) is 2.32. The van der Waals surface area contributed by atoms with Gasteiger partial charge in [-0.3, -0.25) is 4.21 Å². The van der Waals surface area contributed by atoms with Crippen LogP contribution in [0.25, 0.3) is 0 Å². The van der Waals surface area contributed by atoms with Gasteiger partial charge in [0.25, 0.3) is 0 Å². The standard InChI is InChI=1S/C12H12ClF3O4S/c13-10-3-2-8(6-9(10)11(17)18)21(19)5-1-4-20-7-12(14,15)16/h2-3,6H,1,4-5,7H2,(H,17,18). The van der Waals surface area contributed by atoms with Crippen LogP contribution in [0.1, 0.15) is 16.8 Å². The number of hydrogen-bond donors (Lipinski definition) is 1. The zero-order valence-corrected chi connectivity index (χ0v) is 12.2. The van der Waals surface area contributed by atoms with Crippen molar-refractivity contribution in [2.24, 2.45) is 0 Å². The molecule has 0 saturated heterocycles. The fourth-order valence-corrected chi connectivity index (χ4v) is 2.69. The molecule has 0 bridgehead atoms. The van der Waals surface area contributed by atoms with Crippen molar-refractivity contribution >= 4 is 28.4 Å². The second-order valence-corrected chi connectivity index (χ2v) is 6.00. The van der Waals surface area contributed by atoms with E-state index in [0.29, 0.717) is 0 Å². The minimum Gasteiger partial charge on any atom is -0.478 e. The lowest BCUT2D eigenvalue weighted by Crippen LogP contribution is -2.18. The lowest BCUT2D eigenvalue weighted by molar-refractivity contribution is -0.173. The summed E-state index contributed by atoms with van der Waals surface area (Å²) in [5, 5.41) is 8.91. The molecule has 1 unspecified atom stereocenters. The molecule has 118 valence electrons. The van der Waals surface area contributed by atoms with Crippen LogP contribution in [0.4, 0.5) is 13.2 Å². The summed E-state index contributed by atoms with van der Waals surface area (Å²) in [5.74, 6) is -1.18.